The normalized spacial score (nSPS) is 13.5. The molecule has 0 atom stereocenters. The van der Waals surface area contributed by atoms with Crippen molar-refractivity contribution in [1.82, 2.24) is 8.97 Å². The highest BCUT2D eigenvalue weighted by atomic mass is 16.5. The first-order valence-corrected chi connectivity index (χ1v) is 21.6. The molecule has 8 aromatic carbocycles. The van der Waals surface area contributed by atoms with E-state index in [4.69, 9.17) is 4.74 Å². The molecule has 11 aromatic rings. The van der Waals surface area contributed by atoms with Gasteiger partial charge in [-0.05, 0) is 111 Å². The Morgan fingerprint density at radius 1 is 0.443 bits per heavy atom. The third-order valence-electron chi connectivity index (χ3n) is 13.7. The number of anilines is 3. The van der Waals surface area contributed by atoms with Gasteiger partial charge in [0.15, 0.2) is 0 Å². The van der Waals surface area contributed by atoms with E-state index in [-0.39, 0.29) is 17.5 Å². The van der Waals surface area contributed by atoms with Crippen LogP contribution < -0.4 is 26.0 Å². The largest absolute Gasteiger partial charge is 0.458 e. The molecule has 292 valence electrons. The SMILES string of the molecule is CC(C)(C)c1ccc2c(c1)c1cc(C(C)(C)C)cc3c4cc5c6cccc7c6n(c5cc4n2c13)-c1cc(N(c2ccccc2)c2ccccc2)cc2c1B7c1ccccc1O2. The molecular weight excluding hydrogens is 741 g/mol. The lowest BCUT2D eigenvalue weighted by molar-refractivity contribution is 0.487. The number of hydrogen-bond donors (Lipinski definition) is 0. The molecule has 0 bridgehead atoms. The Morgan fingerprint density at radius 3 is 1.77 bits per heavy atom. The molecule has 0 fully saturated rings. The van der Waals surface area contributed by atoms with Gasteiger partial charge in [0.25, 0.3) is 6.71 Å². The Labute approximate surface area is 355 Å². The van der Waals surface area contributed by atoms with E-state index in [0.29, 0.717) is 0 Å². The summed E-state index contributed by atoms with van der Waals surface area (Å²) in [7, 11) is 0. The molecule has 4 nitrogen and oxygen atoms in total. The van der Waals surface area contributed by atoms with Crippen LogP contribution in [0.5, 0.6) is 11.5 Å². The first-order valence-electron chi connectivity index (χ1n) is 21.6. The van der Waals surface area contributed by atoms with Crippen LogP contribution in [0.15, 0.2) is 158 Å². The van der Waals surface area contributed by atoms with Crippen molar-refractivity contribution in [3.8, 4) is 17.2 Å². The smallest absolute Gasteiger partial charge is 0.256 e. The predicted octanol–water partition coefficient (Wildman–Crippen LogP) is 12.9. The first kappa shape index (κ1) is 34.8. The van der Waals surface area contributed by atoms with E-state index in [0.717, 1.165) is 34.2 Å². The van der Waals surface area contributed by atoms with Gasteiger partial charge in [-0.25, -0.2) is 0 Å². The van der Waals surface area contributed by atoms with Crippen molar-refractivity contribution >= 4 is 100 Å². The molecule has 0 spiro atoms. The molecule has 3 aromatic heterocycles. The molecule has 0 saturated carbocycles. The fraction of sp³-hybridized carbons (Fsp3) is 0.143. The fourth-order valence-corrected chi connectivity index (χ4v) is 10.8. The van der Waals surface area contributed by atoms with Gasteiger partial charge in [0.05, 0.1) is 27.8 Å². The number of fused-ring (bicyclic) bond motifs is 13. The second kappa shape index (κ2) is 11.9. The highest BCUT2D eigenvalue weighted by Gasteiger charge is 2.41. The Balaban J connectivity index is 1.18. The van der Waals surface area contributed by atoms with E-state index in [2.05, 4.69) is 213 Å². The van der Waals surface area contributed by atoms with Crippen LogP contribution in [-0.2, 0) is 10.8 Å². The van der Waals surface area contributed by atoms with Gasteiger partial charge < -0.3 is 18.6 Å². The fourth-order valence-electron chi connectivity index (χ4n) is 10.8. The van der Waals surface area contributed by atoms with E-state index in [9.17, 15) is 0 Å². The molecule has 0 radical (unpaired) electrons. The van der Waals surface area contributed by atoms with E-state index >= 15 is 0 Å². The zero-order valence-corrected chi connectivity index (χ0v) is 35.3. The molecule has 0 aliphatic carbocycles. The third kappa shape index (κ3) is 4.72. The topological polar surface area (TPSA) is 21.8 Å². The second-order valence-corrected chi connectivity index (χ2v) is 19.4. The lowest BCUT2D eigenvalue weighted by atomic mass is 9.34. The van der Waals surface area contributed by atoms with Crippen molar-refractivity contribution in [2.75, 3.05) is 4.90 Å². The zero-order chi connectivity index (χ0) is 41.1. The number of rotatable bonds is 3. The molecule has 0 N–H and O–H groups in total. The quantitative estimate of drug-likeness (QED) is 0.166. The molecule has 2 aliphatic rings. The average Bonchev–Trinajstić information content (AvgIpc) is 3.89. The third-order valence-corrected chi connectivity index (χ3v) is 13.7. The monoisotopic (exact) mass is 785 g/mol. The lowest BCUT2D eigenvalue weighted by Crippen LogP contribution is -2.58. The summed E-state index contributed by atoms with van der Waals surface area (Å²) in [4.78, 5) is 2.36. The molecule has 0 saturated heterocycles. The highest BCUT2D eigenvalue weighted by Crippen LogP contribution is 2.47. The van der Waals surface area contributed by atoms with Crippen molar-refractivity contribution in [2.24, 2.45) is 0 Å². The zero-order valence-electron chi connectivity index (χ0n) is 35.3. The van der Waals surface area contributed by atoms with E-state index < -0.39 is 0 Å². The summed E-state index contributed by atoms with van der Waals surface area (Å²) >= 11 is 0. The minimum absolute atomic E-state index is 0.0105. The van der Waals surface area contributed by atoms with Crippen molar-refractivity contribution in [2.45, 2.75) is 52.4 Å². The predicted molar refractivity (Wildman–Crippen MR) is 259 cm³/mol. The van der Waals surface area contributed by atoms with Crippen LogP contribution in [0.2, 0.25) is 0 Å². The molecule has 0 unspecified atom stereocenters. The van der Waals surface area contributed by atoms with Crippen LogP contribution in [-0.4, -0.2) is 15.7 Å². The molecule has 5 heteroatoms. The van der Waals surface area contributed by atoms with Crippen LogP contribution in [0.3, 0.4) is 0 Å². The Morgan fingerprint density at radius 2 is 1.07 bits per heavy atom. The van der Waals surface area contributed by atoms with Crippen molar-refractivity contribution in [1.29, 1.82) is 0 Å². The van der Waals surface area contributed by atoms with E-state index in [1.165, 1.54) is 87.4 Å². The number of hydrogen-bond acceptors (Lipinski definition) is 2. The Hall–Kier alpha value is -6.98. The van der Waals surface area contributed by atoms with Crippen molar-refractivity contribution < 1.29 is 4.74 Å². The van der Waals surface area contributed by atoms with Crippen LogP contribution >= 0.6 is 0 Å². The second-order valence-electron chi connectivity index (χ2n) is 19.4. The molecule has 5 heterocycles. The number of aromatic nitrogens is 2. The van der Waals surface area contributed by atoms with E-state index in [1.54, 1.807) is 0 Å². The lowest BCUT2D eigenvalue weighted by Gasteiger charge is -2.35. The van der Waals surface area contributed by atoms with Crippen molar-refractivity contribution in [3.05, 3.63) is 169 Å². The van der Waals surface area contributed by atoms with Gasteiger partial charge in [0.1, 0.15) is 11.5 Å². The number of nitrogens with zero attached hydrogens (tertiary/aromatic N) is 3. The molecule has 2 aliphatic heterocycles. The van der Waals surface area contributed by atoms with Crippen LogP contribution in [0, 0.1) is 0 Å². The van der Waals surface area contributed by atoms with Gasteiger partial charge in [-0.3, -0.25) is 0 Å². The van der Waals surface area contributed by atoms with Gasteiger partial charge in [-0.2, -0.15) is 0 Å². The summed E-state index contributed by atoms with van der Waals surface area (Å²) in [5, 5.41) is 7.83. The summed E-state index contributed by atoms with van der Waals surface area (Å²) < 4.78 is 12.1. The number of para-hydroxylation sites is 4. The highest BCUT2D eigenvalue weighted by molar-refractivity contribution is 6.99. The molecule has 0 amide bonds. The van der Waals surface area contributed by atoms with Gasteiger partial charge >= 0.3 is 0 Å². The maximum absolute atomic E-state index is 7.01. The first-order chi connectivity index (χ1) is 29.5. The van der Waals surface area contributed by atoms with Gasteiger partial charge in [0.2, 0.25) is 0 Å². The molecule has 13 rings (SSSR count). The van der Waals surface area contributed by atoms with Gasteiger partial charge in [-0.1, -0.05) is 120 Å². The minimum atomic E-state index is -0.0105. The van der Waals surface area contributed by atoms with Crippen LogP contribution in [0.25, 0.3) is 65.6 Å². The number of ether oxygens (including phenoxy) is 1. The molecule has 61 heavy (non-hydrogen) atoms. The maximum atomic E-state index is 7.01. The Kier molecular flexibility index (Phi) is 6.77. The standard InChI is InChI=1S/C56H44BN3O/c1-55(2,3)33-24-25-46-39(26-33)42-27-34(56(4,5)6)28-43-41-31-40-38-20-15-22-45-54(38)60(47(40)32-48(41)59(46)53(42)43)49-29-37(30-51-52(49)57(45)44-21-13-14-23-50(44)61-51)58(35-16-9-7-10-17-35)36-18-11-8-12-19-36/h7-32H,1-6H3. The number of benzene rings is 8. The summed E-state index contributed by atoms with van der Waals surface area (Å²) in [5.74, 6) is 1.81. The summed E-state index contributed by atoms with van der Waals surface area (Å²) in [5.41, 5.74) is 17.2. The Bertz CT molecular complexity index is 3600. The summed E-state index contributed by atoms with van der Waals surface area (Å²) in [6.45, 7) is 14.0. The van der Waals surface area contributed by atoms with Gasteiger partial charge in [0, 0.05) is 61.0 Å². The van der Waals surface area contributed by atoms with Crippen LogP contribution in [0.4, 0.5) is 17.1 Å². The van der Waals surface area contributed by atoms with E-state index in [1.807, 2.05) is 0 Å². The van der Waals surface area contributed by atoms with Crippen molar-refractivity contribution in [3.63, 3.8) is 0 Å². The molecular formula is C56H44BN3O. The summed E-state index contributed by atoms with van der Waals surface area (Å²) in [6, 6.07) is 58.7. The maximum Gasteiger partial charge on any atom is 0.256 e. The average molecular weight is 786 g/mol. The summed E-state index contributed by atoms with van der Waals surface area (Å²) in [6.07, 6.45) is 0. The van der Waals surface area contributed by atoms with Crippen LogP contribution in [0.1, 0.15) is 52.7 Å². The minimum Gasteiger partial charge on any atom is -0.458 e. The van der Waals surface area contributed by atoms with Gasteiger partial charge in [-0.15, -0.1) is 0 Å².